The monoisotopic (exact) mass is 261 g/mol. The molecule has 0 radical (unpaired) electrons. The van der Waals surface area contributed by atoms with Gasteiger partial charge in [-0.3, -0.25) is 14.5 Å². The van der Waals surface area contributed by atoms with Crippen LogP contribution in [0.5, 0.6) is 0 Å². The van der Waals surface area contributed by atoms with Crippen molar-refractivity contribution in [2.45, 2.75) is 25.3 Å². The molecule has 1 atom stereocenters. The third-order valence-corrected chi connectivity index (χ3v) is 4.11. The van der Waals surface area contributed by atoms with Gasteiger partial charge in [-0.15, -0.1) is 0 Å². The Morgan fingerprint density at radius 3 is 2.95 bits per heavy atom. The smallest absolute Gasteiger partial charge is 0.254 e. The van der Waals surface area contributed by atoms with Gasteiger partial charge in [0.2, 0.25) is 5.56 Å². The molecular formula is C14H19N3O2. The van der Waals surface area contributed by atoms with Gasteiger partial charge in [0.1, 0.15) is 0 Å². The van der Waals surface area contributed by atoms with E-state index in [1.165, 1.54) is 25.1 Å². The highest BCUT2D eigenvalue weighted by molar-refractivity contribution is 5.94. The second-order valence-electron chi connectivity index (χ2n) is 5.38. The number of aromatic nitrogens is 1. The van der Waals surface area contributed by atoms with Crippen LogP contribution in [0.1, 0.15) is 29.6 Å². The molecule has 0 aromatic carbocycles. The van der Waals surface area contributed by atoms with E-state index >= 15 is 0 Å². The molecule has 5 heteroatoms. The Bertz CT molecular complexity index is 525. The number of amides is 1. The molecule has 2 aliphatic rings. The molecule has 1 amide bonds. The zero-order valence-electron chi connectivity index (χ0n) is 11.0. The predicted octanol–water partition coefficient (Wildman–Crippen LogP) is 0.685. The highest BCUT2D eigenvalue weighted by Gasteiger charge is 2.30. The topological polar surface area (TPSA) is 56.4 Å². The van der Waals surface area contributed by atoms with Crippen LogP contribution >= 0.6 is 0 Å². The molecule has 0 bridgehead atoms. The van der Waals surface area contributed by atoms with Crippen LogP contribution in [0.4, 0.5) is 0 Å². The summed E-state index contributed by atoms with van der Waals surface area (Å²) >= 11 is 0. The van der Waals surface area contributed by atoms with E-state index in [2.05, 4.69) is 9.88 Å². The first kappa shape index (κ1) is 12.4. The quantitative estimate of drug-likeness (QED) is 0.809. The summed E-state index contributed by atoms with van der Waals surface area (Å²) in [5.41, 5.74) is 0.276. The van der Waals surface area contributed by atoms with Crippen LogP contribution < -0.4 is 5.56 Å². The minimum Gasteiger partial charge on any atom is -0.337 e. The summed E-state index contributed by atoms with van der Waals surface area (Å²) in [6.07, 6.45) is 4.97. The number of nitrogens with zero attached hydrogens (tertiary/aromatic N) is 2. The molecule has 0 saturated carbocycles. The molecule has 1 N–H and O–H groups in total. The van der Waals surface area contributed by atoms with Crippen LogP contribution in [0.3, 0.4) is 0 Å². The van der Waals surface area contributed by atoms with Gasteiger partial charge in [-0.1, -0.05) is 0 Å². The summed E-state index contributed by atoms with van der Waals surface area (Å²) in [6, 6.07) is 3.58. The Morgan fingerprint density at radius 2 is 2.11 bits per heavy atom. The van der Waals surface area contributed by atoms with Crippen molar-refractivity contribution in [1.29, 1.82) is 0 Å². The average molecular weight is 261 g/mol. The lowest BCUT2D eigenvalue weighted by atomic mass is 10.2. The van der Waals surface area contributed by atoms with Crippen molar-refractivity contribution in [3.63, 3.8) is 0 Å². The highest BCUT2D eigenvalue weighted by Crippen LogP contribution is 2.22. The van der Waals surface area contributed by atoms with Crippen molar-refractivity contribution in [3.8, 4) is 0 Å². The predicted molar refractivity (Wildman–Crippen MR) is 72.2 cm³/mol. The lowest BCUT2D eigenvalue weighted by molar-refractivity contribution is 0.0743. The van der Waals surface area contributed by atoms with Crippen molar-refractivity contribution in [2.24, 2.45) is 0 Å². The molecule has 2 saturated heterocycles. The van der Waals surface area contributed by atoms with E-state index in [1.54, 1.807) is 6.07 Å². The number of hydrogen-bond donors (Lipinski definition) is 1. The number of hydrogen-bond acceptors (Lipinski definition) is 3. The zero-order valence-corrected chi connectivity index (χ0v) is 11.0. The minimum absolute atomic E-state index is 0.0140. The van der Waals surface area contributed by atoms with Gasteiger partial charge >= 0.3 is 0 Å². The minimum atomic E-state index is -0.219. The third-order valence-electron chi connectivity index (χ3n) is 4.11. The van der Waals surface area contributed by atoms with E-state index in [-0.39, 0.29) is 11.5 Å². The first-order chi connectivity index (χ1) is 9.24. The molecule has 2 fully saturated rings. The highest BCUT2D eigenvalue weighted by atomic mass is 16.2. The maximum atomic E-state index is 12.4. The van der Waals surface area contributed by atoms with E-state index in [9.17, 15) is 9.59 Å². The summed E-state index contributed by atoms with van der Waals surface area (Å²) in [5, 5.41) is 0. The number of nitrogens with one attached hydrogen (secondary N) is 1. The maximum Gasteiger partial charge on any atom is 0.254 e. The van der Waals surface area contributed by atoms with Crippen molar-refractivity contribution in [2.75, 3.05) is 26.2 Å². The van der Waals surface area contributed by atoms with Gasteiger partial charge in [-0.25, -0.2) is 0 Å². The number of pyridine rings is 1. The Hall–Kier alpha value is -1.62. The standard InChI is InChI=1S/C14H19N3O2/c18-13-9-11(4-5-15-13)14(19)17-8-2-7-16-6-1-3-12(16)10-17/h4-5,9,12H,1-3,6-8,10H2,(H,15,18). The number of rotatable bonds is 1. The molecule has 102 valence electrons. The molecule has 2 aliphatic heterocycles. The van der Waals surface area contributed by atoms with Gasteiger partial charge in [0.15, 0.2) is 0 Å². The van der Waals surface area contributed by atoms with Gasteiger partial charge in [0.05, 0.1) is 0 Å². The van der Waals surface area contributed by atoms with E-state index in [4.69, 9.17) is 0 Å². The molecule has 3 heterocycles. The molecule has 5 nitrogen and oxygen atoms in total. The number of aromatic amines is 1. The van der Waals surface area contributed by atoms with E-state index in [0.29, 0.717) is 11.6 Å². The number of carbonyl (C=O) groups is 1. The Kier molecular flexibility index (Phi) is 3.38. The second kappa shape index (κ2) is 5.17. The summed E-state index contributed by atoms with van der Waals surface area (Å²) in [4.78, 5) is 30.7. The molecule has 1 unspecified atom stereocenters. The van der Waals surface area contributed by atoms with Crippen molar-refractivity contribution in [1.82, 2.24) is 14.8 Å². The molecule has 19 heavy (non-hydrogen) atoms. The van der Waals surface area contributed by atoms with Crippen LogP contribution in [0.25, 0.3) is 0 Å². The lowest BCUT2D eigenvalue weighted by Crippen LogP contribution is -2.39. The molecule has 1 aromatic heterocycles. The average Bonchev–Trinajstić information content (AvgIpc) is 2.75. The summed E-state index contributed by atoms with van der Waals surface area (Å²) in [7, 11) is 0. The number of H-pyrrole nitrogens is 1. The fourth-order valence-electron chi connectivity index (χ4n) is 3.15. The molecular weight excluding hydrogens is 242 g/mol. The van der Waals surface area contributed by atoms with Crippen LogP contribution in [-0.4, -0.2) is 52.9 Å². The van der Waals surface area contributed by atoms with Gasteiger partial charge in [0.25, 0.3) is 5.91 Å². The van der Waals surface area contributed by atoms with Crippen LogP contribution in [0.2, 0.25) is 0 Å². The summed E-state index contributed by atoms with van der Waals surface area (Å²) in [5.74, 6) is -0.0140. The zero-order chi connectivity index (χ0) is 13.2. The van der Waals surface area contributed by atoms with E-state index in [1.807, 2.05) is 4.90 Å². The van der Waals surface area contributed by atoms with Gasteiger partial charge in [0, 0.05) is 43.5 Å². The van der Waals surface area contributed by atoms with Crippen LogP contribution in [-0.2, 0) is 0 Å². The largest absolute Gasteiger partial charge is 0.337 e. The lowest BCUT2D eigenvalue weighted by Gasteiger charge is -2.25. The first-order valence-electron chi connectivity index (χ1n) is 6.96. The van der Waals surface area contributed by atoms with E-state index < -0.39 is 0 Å². The molecule has 0 spiro atoms. The fourth-order valence-corrected chi connectivity index (χ4v) is 3.15. The normalized spacial score (nSPS) is 24.0. The van der Waals surface area contributed by atoms with E-state index in [0.717, 1.165) is 32.6 Å². The fraction of sp³-hybridized carbons (Fsp3) is 0.571. The second-order valence-corrected chi connectivity index (χ2v) is 5.38. The first-order valence-corrected chi connectivity index (χ1v) is 6.96. The van der Waals surface area contributed by atoms with Crippen molar-refractivity contribution >= 4 is 5.91 Å². The molecule has 0 aliphatic carbocycles. The molecule has 3 rings (SSSR count). The van der Waals surface area contributed by atoms with Gasteiger partial charge in [-0.2, -0.15) is 0 Å². The Labute approximate surface area is 112 Å². The van der Waals surface area contributed by atoms with Crippen molar-refractivity contribution in [3.05, 3.63) is 34.2 Å². The van der Waals surface area contributed by atoms with Gasteiger partial charge < -0.3 is 9.88 Å². The van der Waals surface area contributed by atoms with Crippen molar-refractivity contribution < 1.29 is 4.79 Å². The Balaban J connectivity index is 1.77. The van der Waals surface area contributed by atoms with Crippen LogP contribution in [0.15, 0.2) is 23.1 Å². The van der Waals surface area contributed by atoms with Crippen LogP contribution in [0, 0.1) is 0 Å². The summed E-state index contributed by atoms with van der Waals surface area (Å²) in [6.45, 7) is 3.84. The number of carbonyl (C=O) groups excluding carboxylic acids is 1. The summed E-state index contributed by atoms with van der Waals surface area (Å²) < 4.78 is 0. The third kappa shape index (κ3) is 2.56. The SMILES string of the molecule is O=C(c1cc[nH]c(=O)c1)N1CCCN2CCCC2C1. The Morgan fingerprint density at radius 1 is 1.26 bits per heavy atom. The molecule has 1 aromatic rings. The number of fused-ring (bicyclic) bond motifs is 1. The van der Waals surface area contributed by atoms with Gasteiger partial charge in [-0.05, 0) is 31.9 Å². The maximum absolute atomic E-state index is 12.4.